The van der Waals surface area contributed by atoms with Crippen molar-refractivity contribution in [3.63, 3.8) is 0 Å². The molecule has 0 aromatic heterocycles. The Hall–Kier alpha value is -2.34. The lowest BCUT2D eigenvalue weighted by Gasteiger charge is -2.12. The SMILES string of the molecule is CCNC(=NCCS(=O)c1ccccc1)NCCOc1ccc(C)cc1. The summed E-state index contributed by atoms with van der Waals surface area (Å²) < 4.78 is 17.9. The molecule has 0 heterocycles. The maximum absolute atomic E-state index is 12.2. The molecular weight excluding hydrogens is 346 g/mol. The molecule has 0 amide bonds. The molecule has 26 heavy (non-hydrogen) atoms. The van der Waals surface area contributed by atoms with E-state index in [1.165, 1.54) is 5.56 Å². The van der Waals surface area contributed by atoms with Crippen LogP contribution in [-0.2, 0) is 10.8 Å². The summed E-state index contributed by atoms with van der Waals surface area (Å²) in [7, 11) is -1.03. The van der Waals surface area contributed by atoms with E-state index in [1.54, 1.807) is 0 Å². The van der Waals surface area contributed by atoms with Crippen LogP contribution in [0, 0.1) is 6.92 Å². The summed E-state index contributed by atoms with van der Waals surface area (Å²) in [6.45, 7) is 6.52. The Balaban J connectivity index is 1.73. The fourth-order valence-electron chi connectivity index (χ4n) is 2.25. The van der Waals surface area contributed by atoms with Gasteiger partial charge in [-0.25, -0.2) is 0 Å². The first-order valence-corrected chi connectivity index (χ1v) is 10.2. The van der Waals surface area contributed by atoms with Crippen LogP contribution in [0.2, 0.25) is 0 Å². The molecule has 0 aliphatic heterocycles. The van der Waals surface area contributed by atoms with E-state index in [-0.39, 0.29) is 0 Å². The second-order valence-corrected chi connectivity index (χ2v) is 7.28. The highest BCUT2D eigenvalue weighted by molar-refractivity contribution is 7.85. The third-order valence-corrected chi connectivity index (χ3v) is 4.93. The van der Waals surface area contributed by atoms with Gasteiger partial charge < -0.3 is 15.4 Å². The first-order chi connectivity index (χ1) is 12.7. The molecule has 0 aliphatic carbocycles. The van der Waals surface area contributed by atoms with E-state index < -0.39 is 10.8 Å². The van der Waals surface area contributed by atoms with E-state index in [9.17, 15) is 4.21 Å². The zero-order chi connectivity index (χ0) is 18.6. The van der Waals surface area contributed by atoms with Gasteiger partial charge in [0.1, 0.15) is 12.4 Å². The average molecular weight is 374 g/mol. The smallest absolute Gasteiger partial charge is 0.191 e. The first kappa shape index (κ1) is 20.0. The van der Waals surface area contributed by atoms with Crippen LogP contribution >= 0.6 is 0 Å². The van der Waals surface area contributed by atoms with Gasteiger partial charge in [0.25, 0.3) is 0 Å². The quantitative estimate of drug-likeness (QED) is 0.403. The summed E-state index contributed by atoms with van der Waals surface area (Å²) in [4.78, 5) is 5.32. The Bertz CT molecular complexity index is 703. The van der Waals surface area contributed by atoms with Gasteiger partial charge in [-0.05, 0) is 38.1 Å². The number of aryl methyl sites for hydroxylation is 1. The van der Waals surface area contributed by atoms with Gasteiger partial charge in [-0.1, -0.05) is 35.9 Å². The van der Waals surface area contributed by atoms with E-state index >= 15 is 0 Å². The molecule has 0 bridgehead atoms. The monoisotopic (exact) mass is 373 g/mol. The lowest BCUT2D eigenvalue weighted by Crippen LogP contribution is -2.39. The molecule has 0 saturated carbocycles. The third-order valence-electron chi connectivity index (χ3n) is 3.58. The molecule has 1 unspecified atom stereocenters. The first-order valence-electron chi connectivity index (χ1n) is 8.84. The number of ether oxygens (including phenoxy) is 1. The molecule has 0 radical (unpaired) electrons. The van der Waals surface area contributed by atoms with Gasteiger partial charge in [0.2, 0.25) is 0 Å². The molecule has 1 atom stereocenters. The highest BCUT2D eigenvalue weighted by Crippen LogP contribution is 2.10. The van der Waals surface area contributed by atoms with Crippen LogP contribution in [0.4, 0.5) is 0 Å². The predicted octanol–water partition coefficient (Wildman–Crippen LogP) is 2.74. The normalized spacial score (nSPS) is 12.5. The molecule has 5 nitrogen and oxygen atoms in total. The Morgan fingerprint density at radius 2 is 1.81 bits per heavy atom. The van der Waals surface area contributed by atoms with Crippen LogP contribution in [0.1, 0.15) is 12.5 Å². The Kier molecular flexibility index (Phi) is 8.69. The molecule has 0 fully saturated rings. The van der Waals surface area contributed by atoms with Crippen LogP contribution < -0.4 is 15.4 Å². The number of hydrogen-bond donors (Lipinski definition) is 2. The van der Waals surface area contributed by atoms with Crippen LogP contribution in [0.5, 0.6) is 5.75 Å². The van der Waals surface area contributed by atoms with Crippen LogP contribution in [0.25, 0.3) is 0 Å². The summed E-state index contributed by atoms with van der Waals surface area (Å²) in [5, 5.41) is 6.42. The van der Waals surface area contributed by atoms with Crippen LogP contribution in [0.15, 0.2) is 64.5 Å². The van der Waals surface area contributed by atoms with Crippen molar-refractivity contribution in [2.24, 2.45) is 4.99 Å². The Morgan fingerprint density at radius 3 is 2.50 bits per heavy atom. The largest absolute Gasteiger partial charge is 0.492 e. The zero-order valence-electron chi connectivity index (χ0n) is 15.4. The van der Waals surface area contributed by atoms with Crippen molar-refractivity contribution in [1.82, 2.24) is 10.6 Å². The summed E-state index contributed by atoms with van der Waals surface area (Å²) in [5.41, 5.74) is 1.21. The summed E-state index contributed by atoms with van der Waals surface area (Å²) >= 11 is 0. The molecule has 0 spiro atoms. The molecule has 140 valence electrons. The van der Waals surface area contributed by atoms with Gasteiger partial charge in [-0.3, -0.25) is 9.20 Å². The van der Waals surface area contributed by atoms with Crippen molar-refractivity contribution >= 4 is 16.8 Å². The standard InChI is InChI=1S/C20H27N3O2S/c1-3-21-20(22-13-15-25-18-11-9-17(2)10-12-18)23-14-16-26(24)19-7-5-4-6-8-19/h4-12H,3,13-16H2,1-2H3,(H2,21,22,23). The molecule has 2 N–H and O–H groups in total. The predicted molar refractivity (Wildman–Crippen MR) is 108 cm³/mol. The third kappa shape index (κ3) is 7.27. The minimum Gasteiger partial charge on any atom is -0.492 e. The maximum atomic E-state index is 12.2. The fraction of sp³-hybridized carbons (Fsp3) is 0.350. The van der Waals surface area contributed by atoms with Crippen LogP contribution in [-0.4, -0.2) is 42.2 Å². The molecule has 0 saturated heterocycles. The van der Waals surface area contributed by atoms with Gasteiger partial charge in [0.05, 0.1) is 23.9 Å². The molecule has 2 aromatic carbocycles. The van der Waals surface area contributed by atoms with Crippen molar-refractivity contribution in [2.75, 3.05) is 32.0 Å². The Labute approximate surface area is 158 Å². The number of guanidine groups is 1. The van der Waals surface area contributed by atoms with Crippen molar-refractivity contribution < 1.29 is 8.95 Å². The van der Waals surface area contributed by atoms with Gasteiger partial charge in [-0.2, -0.15) is 0 Å². The maximum Gasteiger partial charge on any atom is 0.191 e. The second kappa shape index (κ2) is 11.3. The molecular formula is C20H27N3O2S. The van der Waals surface area contributed by atoms with Gasteiger partial charge >= 0.3 is 0 Å². The topological polar surface area (TPSA) is 62.7 Å². The van der Waals surface area contributed by atoms with E-state index in [0.29, 0.717) is 31.4 Å². The zero-order valence-corrected chi connectivity index (χ0v) is 16.2. The summed E-state index contributed by atoms with van der Waals surface area (Å²) in [6.07, 6.45) is 0. The lowest BCUT2D eigenvalue weighted by molar-refractivity contribution is 0.322. The molecule has 2 rings (SSSR count). The van der Waals surface area contributed by atoms with Crippen molar-refractivity contribution in [2.45, 2.75) is 18.7 Å². The van der Waals surface area contributed by atoms with Gasteiger partial charge in [0.15, 0.2) is 5.96 Å². The highest BCUT2D eigenvalue weighted by atomic mass is 32.2. The number of hydrogen-bond acceptors (Lipinski definition) is 3. The second-order valence-electron chi connectivity index (χ2n) is 5.71. The minimum absolute atomic E-state index is 0.496. The van der Waals surface area contributed by atoms with Gasteiger partial charge in [0, 0.05) is 17.2 Å². The van der Waals surface area contributed by atoms with E-state index in [2.05, 4.69) is 22.5 Å². The lowest BCUT2D eigenvalue weighted by atomic mass is 10.2. The van der Waals surface area contributed by atoms with Crippen molar-refractivity contribution in [3.8, 4) is 5.75 Å². The van der Waals surface area contributed by atoms with Crippen molar-refractivity contribution in [1.29, 1.82) is 0 Å². The molecule has 2 aromatic rings. The average Bonchev–Trinajstić information content (AvgIpc) is 2.67. The fourth-order valence-corrected chi connectivity index (χ4v) is 3.20. The minimum atomic E-state index is -1.03. The number of aliphatic imine (C=N–C) groups is 1. The van der Waals surface area contributed by atoms with Crippen LogP contribution in [0.3, 0.4) is 0 Å². The Morgan fingerprint density at radius 1 is 1.08 bits per heavy atom. The highest BCUT2D eigenvalue weighted by Gasteiger charge is 2.03. The molecule has 0 aliphatic rings. The number of rotatable bonds is 9. The summed E-state index contributed by atoms with van der Waals surface area (Å²) in [6, 6.07) is 17.5. The van der Waals surface area contributed by atoms with Crippen molar-refractivity contribution in [3.05, 3.63) is 60.2 Å². The summed E-state index contributed by atoms with van der Waals surface area (Å²) in [5.74, 6) is 2.07. The molecule has 6 heteroatoms. The van der Waals surface area contributed by atoms with E-state index in [0.717, 1.165) is 17.2 Å². The number of benzene rings is 2. The van der Waals surface area contributed by atoms with Gasteiger partial charge in [-0.15, -0.1) is 0 Å². The van der Waals surface area contributed by atoms with E-state index in [1.807, 2.05) is 61.5 Å². The van der Waals surface area contributed by atoms with E-state index in [4.69, 9.17) is 4.74 Å². The number of nitrogens with one attached hydrogen (secondary N) is 2. The number of nitrogens with zero attached hydrogens (tertiary/aromatic N) is 1.